The summed E-state index contributed by atoms with van der Waals surface area (Å²) in [6.07, 6.45) is 0. The number of nitrogens with one attached hydrogen (secondary N) is 1. The van der Waals surface area contributed by atoms with Gasteiger partial charge in [-0.1, -0.05) is 24.3 Å². The van der Waals surface area contributed by atoms with Gasteiger partial charge in [-0.3, -0.25) is 4.79 Å². The summed E-state index contributed by atoms with van der Waals surface area (Å²) in [6.45, 7) is 0.554. The molecule has 0 spiro atoms. The van der Waals surface area contributed by atoms with Gasteiger partial charge in [0, 0.05) is 10.4 Å². The summed E-state index contributed by atoms with van der Waals surface area (Å²) in [5, 5.41) is 4.90. The van der Waals surface area contributed by atoms with E-state index in [1.807, 2.05) is 47.8 Å². The molecule has 0 aliphatic carbocycles. The average Bonchev–Trinajstić information content (AvgIpc) is 3.08. The van der Waals surface area contributed by atoms with Crippen molar-refractivity contribution in [3.05, 3.63) is 82.6 Å². The third kappa shape index (κ3) is 3.74. The molecular formula is C18H15NO2S. The van der Waals surface area contributed by atoms with Gasteiger partial charge in [-0.15, -0.1) is 11.3 Å². The molecule has 4 heteroatoms. The van der Waals surface area contributed by atoms with Gasteiger partial charge in [0.05, 0.1) is 6.54 Å². The maximum Gasteiger partial charge on any atom is 0.251 e. The molecule has 0 aliphatic rings. The zero-order chi connectivity index (χ0) is 15.2. The van der Waals surface area contributed by atoms with E-state index in [0.29, 0.717) is 17.9 Å². The topological polar surface area (TPSA) is 38.3 Å². The zero-order valence-electron chi connectivity index (χ0n) is 11.9. The first-order valence-corrected chi connectivity index (χ1v) is 7.83. The normalized spacial score (nSPS) is 10.2. The number of para-hydroxylation sites is 1. The second kappa shape index (κ2) is 6.91. The number of hydrogen-bond acceptors (Lipinski definition) is 3. The molecule has 0 atom stereocenters. The van der Waals surface area contributed by atoms with Crippen LogP contribution in [-0.2, 0) is 6.54 Å². The van der Waals surface area contributed by atoms with Crippen LogP contribution in [0.25, 0.3) is 0 Å². The Kier molecular flexibility index (Phi) is 4.51. The number of rotatable bonds is 5. The number of thiophene rings is 1. The first-order chi connectivity index (χ1) is 10.8. The highest BCUT2D eigenvalue weighted by molar-refractivity contribution is 7.09. The van der Waals surface area contributed by atoms with Crippen LogP contribution in [0.1, 0.15) is 15.2 Å². The van der Waals surface area contributed by atoms with E-state index in [-0.39, 0.29) is 5.91 Å². The quantitative estimate of drug-likeness (QED) is 0.755. The Morgan fingerprint density at radius 3 is 2.32 bits per heavy atom. The molecule has 0 unspecified atom stereocenters. The summed E-state index contributed by atoms with van der Waals surface area (Å²) in [6, 6.07) is 20.7. The summed E-state index contributed by atoms with van der Waals surface area (Å²) in [5.74, 6) is 1.40. The predicted molar refractivity (Wildman–Crippen MR) is 88.4 cm³/mol. The Hall–Kier alpha value is -2.59. The van der Waals surface area contributed by atoms with E-state index >= 15 is 0 Å². The Bertz CT molecular complexity index is 722. The van der Waals surface area contributed by atoms with Gasteiger partial charge in [0.2, 0.25) is 0 Å². The van der Waals surface area contributed by atoms with E-state index < -0.39 is 0 Å². The lowest BCUT2D eigenvalue weighted by atomic mass is 10.2. The van der Waals surface area contributed by atoms with Crippen LogP contribution in [0.5, 0.6) is 11.5 Å². The maximum atomic E-state index is 12.1. The number of carbonyl (C=O) groups is 1. The monoisotopic (exact) mass is 309 g/mol. The lowest BCUT2D eigenvalue weighted by Crippen LogP contribution is -2.22. The molecule has 0 fully saturated rings. The minimum atomic E-state index is -0.0836. The van der Waals surface area contributed by atoms with E-state index in [1.54, 1.807) is 35.6 Å². The van der Waals surface area contributed by atoms with Gasteiger partial charge in [-0.05, 0) is 47.8 Å². The van der Waals surface area contributed by atoms with Crippen LogP contribution in [-0.4, -0.2) is 5.91 Å². The number of hydrogen-bond donors (Lipinski definition) is 1. The van der Waals surface area contributed by atoms with Crippen molar-refractivity contribution in [2.75, 3.05) is 0 Å². The Balaban J connectivity index is 1.60. The second-order valence-corrected chi connectivity index (χ2v) is 5.73. The third-order valence-electron chi connectivity index (χ3n) is 3.10. The lowest BCUT2D eigenvalue weighted by Gasteiger charge is -2.07. The lowest BCUT2D eigenvalue weighted by molar-refractivity contribution is 0.0951. The molecule has 22 heavy (non-hydrogen) atoms. The van der Waals surface area contributed by atoms with Crippen LogP contribution in [0.15, 0.2) is 72.1 Å². The van der Waals surface area contributed by atoms with Crippen LogP contribution < -0.4 is 10.1 Å². The van der Waals surface area contributed by atoms with Crippen LogP contribution in [0.2, 0.25) is 0 Å². The van der Waals surface area contributed by atoms with Gasteiger partial charge >= 0.3 is 0 Å². The summed E-state index contributed by atoms with van der Waals surface area (Å²) < 4.78 is 5.70. The molecule has 0 radical (unpaired) electrons. The molecule has 0 aliphatic heterocycles. The fraction of sp³-hybridized carbons (Fsp3) is 0.0556. The molecule has 3 aromatic rings. The Labute approximate surface area is 133 Å². The average molecular weight is 309 g/mol. The van der Waals surface area contributed by atoms with Crippen LogP contribution in [0.4, 0.5) is 0 Å². The summed E-state index contributed by atoms with van der Waals surface area (Å²) in [5.41, 5.74) is 0.622. The molecule has 2 aromatic carbocycles. The van der Waals surface area contributed by atoms with E-state index in [1.165, 1.54) is 0 Å². The highest BCUT2D eigenvalue weighted by Gasteiger charge is 2.06. The fourth-order valence-corrected chi connectivity index (χ4v) is 2.63. The minimum absolute atomic E-state index is 0.0836. The van der Waals surface area contributed by atoms with E-state index in [0.717, 1.165) is 10.6 Å². The van der Waals surface area contributed by atoms with Gasteiger partial charge in [0.15, 0.2) is 0 Å². The SMILES string of the molecule is O=C(NCc1cccs1)c1ccc(Oc2ccccc2)cc1. The fourth-order valence-electron chi connectivity index (χ4n) is 1.98. The van der Waals surface area contributed by atoms with Crippen molar-refractivity contribution in [2.45, 2.75) is 6.54 Å². The molecule has 3 nitrogen and oxygen atoms in total. The maximum absolute atomic E-state index is 12.1. The van der Waals surface area contributed by atoms with Crippen LogP contribution in [0, 0.1) is 0 Å². The van der Waals surface area contributed by atoms with Crippen LogP contribution >= 0.6 is 11.3 Å². The van der Waals surface area contributed by atoms with Crippen molar-refractivity contribution < 1.29 is 9.53 Å². The van der Waals surface area contributed by atoms with Crippen molar-refractivity contribution in [3.8, 4) is 11.5 Å². The van der Waals surface area contributed by atoms with E-state index in [9.17, 15) is 4.79 Å². The number of ether oxygens (including phenoxy) is 1. The molecule has 1 heterocycles. The number of carbonyl (C=O) groups excluding carboxylic acids is 1. The molecule has 1 aromatic heterocycles. The molecular weight excluding hydrogens is 294 g/mol. The largest absolute Gasteiger partial charge is 0.457 e. The van der Waals surface area contributed by atoms with Crippen molar-refractivity contribution in [3.63, 3.8) is 0 Å². The standard InChI is InChI=1S/C18H15NO2S/c20-18(19-13-17-7-4-12-22-17)14-8-10-16(11-9-14)21-15-5-2-1-3-6-15/h1-12H,13H2,(H,19,20). The summed E-state index contributed by atoms with van der Waals surface area (Å²) in [7, 11) is 0. The number of benzene rings is 2. The zero-order valence-corrected chi connectivity index (χ0v) is 12.7. The van der Waals surface area contributed by atoms with E-state index in [4.69, 9.17) is 4.74 Å². The predicted octanol–water partition coefficient (Wildman–Crippen LogP) is 4.47. The van der Waals surface area contributed by atoms with Crippen molar-refractivity contribution >= 4 is 17.2 Å². The molecule has 1 N–H and O–H groups in total. The van der Waals surface area contributed by atoms with Crippen molar-refractivity contribution in [1.29, 1.82) is 0 Å². The first-order valence-electron chi connectivity index (χ1n) is 6.95. The van der Waals surface area contributed by atoms with Gasteiger partial charge in [-0.25, -0.2) is 0 Å². The van der Waals surface area contributed by atoms with E-state index in [2.05, 4.69) is 5.32 Å². The van der Waals surface area contributed by atoms with Crippen molar-refractivity contribution in [2.24, 2.45) is 0 Å². The molecule has 1 amide bonds. The second-order valence-electron chi connectivity index (χ2n) is 4.70. The molecule has 0 saturated carbocycles. The van der Waals surface area contributed by atoms with Gasteiger partial charge in [0.25, 0.3) is 5.91 Å². The van der Waals surface area contributed by atoms with Crippen molar-refractivity contribution in [1.82, 2.24) is 5.32 Å². The molecule has 110 valence electrons. The summed E-state index contributed by atoms with van der Waals surface area (Å²) in [4.78, 5) is 13.2. The van der Waals surface area contributed by atoms with Gasteiger partial charge < -0.3 is 10.1 Å². The highest BCUT2D eigenvalue weighted by atomic mass is 32.1. The Morgan fingerprint density at radius 1 is 0.909 bits per heavy atom. The third-order valence-corrected chi connectivity index (χ3v) is 3.98. The molecule has 0 bridgehead atoms. The minimum Gasteiger partial charge on any atom is -0.457 e. The smallest absolute Gasteiger partial charge is 0.251 e. The van der Waals surface area contributed by atoms with Gasteiger partial charge in [0.1, 0.15) is 11.5 Å². The van der Waals surface area contributed by atoms with Gasteiger partial charge in [-0.2, -0.15) is 0 Å². The highest BCUT2D eigenvalue weighted by Crippen LogP contribution is 2.21. The number of amides is 1. The van der Waals surface area contributed by atoms with Crippen LogP contribution in [0.3, 0.4) is 0 Å². The first kappa shape index (κ1) is 14.4. The molecule has 3 rings (SSSR count). The summed E-state index contributed by atoms with van der Waals surface area (Å²) >= 11 is 1.63. The Morgan fingerprint density at radius 2 is 1.64 bits per heavy atom. The molecule has 0 saturated heterocycles.